The average molecular weight is 854 g/mol. The minimum Gasteiger partial charge on any atom is -0.308 e. The first-order valence-electron chi connectivity index (χ1n) is 26.4. The number of rotatable bonds is 1. The van der Waals surface area contributed by atoms with Gasteiger partial charge in [-0.2, -0.15) is 0 Å². The van der Waals surface area contributed by atoms with Crippen LogP contribution in [0, 0.1) is 12.3 Å². The molecule has 0 radical (unpaired) electrons. The van der Waals surface area contributed by atoms with Crippen LogP contribution < -0.4 is 5.32 Å². The van der Waals surface area contributed by atoms with Crippen LogP contribution in [-0.2, 0) is 16.2 Å². The Morgan fingerprint density at radius 1 is 0.371 bits per heavy atom. The molecule has 1 heteroatoms. The second-order valence-corrected chi connectivity index (χ2v) is 26.6. The van der Waals surface area contributed by atoms with Gasteiger partial charge in [-0.15, -0.1) is 18.1 Å². The number of hydrogen-bond acceptors (Lipinski definition) is 1. The Morgan fingerprint density at radius 2 is 0.686 bits per heavy atom. The first kappa shape index (κ1) is 25.9. The summed E-state index contributed by atoms with van der Waals surface area (Å²) in [6.45, 7) is 5.85. The van der Waals surface area contributed by atoms with Gasteiger partial charge in [0.15, 0.2) is 0 Å². The smallest absolute Gasteiger partial charge is 0.0487 e. The molecule has 7 aliphatic carbocycles. The molecule has 34 rings (SSSR count). The monoisotopic (exact) mass is 853 g/mol. The number of hydrogen-bond donors (Lipinski definition) is 1. The van der Waals surface area contributed by atoms with E-state index in [1.807, 2.05) is 0 Å². The van der Waals surface area contributed by atoms with Crippen LogP contribution in [0.15, 0.2) is 17.9 Å². The number of terminal acetylenes is 1. The molecule has 1 saturated heterocycles. The standard InChI is InChI=1S/C69H11N/c1-3-5-66-6-8(4-2)68-63-54-49-34-26-19-15-9-10-12-14-13-11(9)16-17(15)27-32(26)42-46-36(27)35-25(16)29-22(13)28-23(14)31-30-21(12)24-18(10)20(19)33(34)38-37(24)44-41(30)50-43(31)48-40(28)47-39(29)45(35)55-56(46)62(59(63)51(42)49)67(7-70-66)61(55)57(47)58(48)65(69(66,67)68)60(50)64(68)53(44)52(38)54/h1,63,70H,2,5-7H2. The largest absolute Gasteiger partial charge is 0.308 e. The molecular formula is C69H11N. The van der Waals surface area contributed by atoms with Crippen LogP contribution in [0.1, 0.15) is 52.1 Å². The summed E-state index contributed by atoms with van der Waals surface area (Å²) in [5.41, 5.74) is 14.6. The Hall–Kier alpha value is -8.24. The molecule has 26 aromatic rings. The van der Waals surface area contributed by atoms with Crippen LogP contribution in [0.4, 0.5) is 0 Å². The summed E-state index contributed by atoms with van der Waals surface area (Å²) in [5.74, 6) is 3.72. The van der Waals surface area contributed by atoms with Crippen LogP contribution >= 0.6 is 0 Å². The fourth-order valence-corrected chi connectivity index (χ4v) is 27.7. The highest BCUT2D eigenvalue weighted by molar-refractivity contribution is 6.80. The van der Waals surface area contributed by atoms with Crippen molar-refractivity contribution in [3.05, 3.63) is 51.3 Å². The van der Waals surface area contributed by atoms with Gasteiger partial charge in [0.2, 0.25) is 0 Å². The van der Waals surface area contributed by atoms with E-state index in [1.54, 1.807) is 303 Å². The highest BCUT2D eigenvalue weighted by Crippen LogP contribution is 2.93. The lowest BCUT2D eigenvalue weighted by molar-refractivity contribution is 0.132. The Labute approximate surface area is 383 Å². The molecule has 1 heterocycles. The van der Waals surface area contributed by atoms with Crippen LogP contribution in [0.2, 0.25) is 0 Å². The summed E-state index contributed by atoms with van der Waals surface area (Å²) in [4.78, 5) is 0. The Kier molecular flexibility index (Phi) is 2.10. The van der Waals surface area contributed by atoms with Crippen LogP contribution in [-0.4, -0.2) is 12.1 Å². The van der Waals surface area contributed by atoms with Crippen molar-refractivity contribution in [1.82, 2.24) is 5.32 Å². The third-order valence-corrected chi connectivity index (χ3v) is 27.2. The van der Waals surface area contributed by atoms with Crippen molar-refractivity contribution >= 4 is 269 Å². The van der Waals surface area contributed by atoms with Crippen LogP contribution in [0.5, 0.6) is 0 Å². The predicted molar refractivity (Wildman–Crippen MR) is 291 cm³/mol. The van der Waals surface area contributed by atoms with E-state index < -0.39 is 0 Å². The maximum atomic E-state index is 6.97. The Balaban J connectivity index is 1.21. The summed E-state index contributed by atoms with van der Waals surface area (Å²) in [6.07, 6.45) is 8.61. The van der Waals surface area contributed by atoms with Gasteiger partial charge in [0.25, 0.3) is 0 Å². The molecule has 292 valence electrons. The first-order chi connectivity index (χ1) is 34.8. The summed E-state index contributed by atoms with van der Waals surface area (Å²) in [6, 6.07) is 0. The Morgan fingerprint density at radius 3 is 1.09 bits per heavy atom. The van der Waals surface area contributed by atoms with E-state index in [0.29, 0.717) is 0 Å². The fourth-order valence-electron chi connectivity index (χ4n) is 27.7. The maximum Gasteiger partial charge on any atom is 0.0487 e. The van der Waals surface area contributed by atoms with Crippen molar-refractivity contribution in [1.29, 1.82) is 0 Å². The van der Waals surface area contributed by atoms with Gasteiger partial charge >= 0.3 is 0 Å². The SMILES string of the molecule is C#CCC12CC(=C=C)C34c5c6c7c8c9c%10c%11c%12c(c%13c%14c%15c(c%16c5c5c%17c6c6c8c8c9c9c%11c%11c%18c%12c%14c%12c%14c%15c%15c%16c5c5c%16c%17c6c6c8c8c9c%11c9c(c%12%18)c%11c%14c%15c5c5c%16c6c8c9c%115)C%133)C%10(CN1)C724. The predicted octanol–water partition coefficient (Wildman–Crippen LogP) is 16.5. The molecule has 0 amide bonds. The van der Waals surface area contributed by atoms with Gasteiger partial charge in [0, 0.05) is 40.7 Å². The van der Waals surface area contributed by atoms with Gasteiger partial charge in [-0.3, -0.25) is 0 Å². The van der Waals surface area contributed by atoms with Crippen molar-refractivity contribution in [2.75, 3.05) is 6.54 Å². The average Bonchev–Trinajstić information content (AvgIpc) is 4.27. The van der Waals surface area contributed by atoms with Gasteiger partial charge in [-0.25, -0.2) is 0 Å². The van der Waals surface area contributed by atoms with E-state index >= 15 is 0 Å². The summed E-state index contributed by atoms with van der Waals surface area (Å²) in [7, 11) is 0. The maximum absolute atomic E-state index is 6.97. The van der Waals surface area contributed by atoms with Crippen molar-refractivity contribution in [2.45, 2.75) is 40.5 Å². The quantitative estimate of drug-likeness (QED) is 0.0985. The number of nitrogens with one attached hydrogen (secondary N) is 1. The molecule has 26 aromatic carbocycles. The minimum atomic E-state index is -0.370. The van der Waals surface area contributed by atoms with Crippen LogP contribution in [0.3, 0.4) is 0 Å². The third kappa shape index (κ3) is 1.26. The van der Waals surface area contributed by atoms with Crippen molar-refractivity contribution < 1.29 is 0 Å². The fraction of sp³-hybridized carbons (Fsp3) is 0.116. The second-order valence-electron chi connectivity index (χ2n) is 26.6. The molecule has 70 heavy (non-hydrogen) atoms. The van der Waals surface area contributed by atoms with E-state index in [1.165, 1.54) is 5.57 Å². The van der Waals surface area contributed by atoms with E-state index in [-0.39, 0.29) is 27.7 Å². The van der Waals surface area contributed by atoms with E-state index in [0.717, 1.165) is 19.4 Å². The molecule has 0 aromatic heterocycles. The molecule has 1 nitrogen and oxygen atoms in total. The first-order valence-corrected chi connectivity index (χ1v) is 26.4. The van der Waals surface area contributed by atoms with Gasteiger partial charge in [-0.05, 0) is 315 Å². The molecule has 3 spiro atoms. The van der Waals surface area contributed by atoms with Crippen molar-refractivity contribution in [2.24, 2.45) is 0 Å². The van der Waals surface area contributed by atoms with Gasteiger partial charge in [-0.1, -0.05) is 6.58 Å². The molecule has 1 N–H and O–H groups in total. The normalized spacial score (nSPS) is 28.8. The zero-order valence-corrected chi connectivity index (χ0v) is 36.0. The summed E-state index contributed by atoms with van der Waals surface area (Å²) >= 11 is 0. The Bertz CT molecular complexity index is 7490. The highest BCUT2D eigenvalue weighted by atomic mass is 15.1. The molecule has 5 atom stereocenters. The molecule has 5 unspecified atom stereocenters. The molecule has 2 fully saturated rings. The molecule has 1 saturated carbocycles. The highest BCUT2D eigenvalue weighted by Gasteiger charge is 2.90. The lowest BCUT2D eigenvalue weighted by Crippen LogP contribution is -2.68. The third-order valence-electron chi connectivity index (χ3n) is 27.2. The topological polar surface area (TPSA) is 12.0 Å². The van der Waals surface area contributed by atoms with Crippen molar-refractivity contribution in [3.63, 3.8) is 0 Å². The van der Waals surface area contributed by atoms with Crippen LogP contribution in [0.25, 0.3) is 269 Å². The minimum absolute atomic E-state index is 0.191. The summed E-state index contributed by atoms with van der Waals surface area (Å²) < 4.78 is 0. The molecule has 8 aliphatic rings. The summed E-state index contributed by atoms with van der Waals surface area (Å²) in [5, 5.41) is 87.6. The lowest BCUT2D eigenvalue weighted by Gasteiger charge is -2.63. The number of benzene rings is 17. The molecule has 0 bridgehead atoms. The van der Waals surface area contributed by atoms with Crippen molar-refractivity contribution in [3.8, 4) is 12.3 Å². The molecular weight excluding hydrogens is 843 g/mol. The lowest BCUT2D eigenvalue weighted by atomic mass is 9.36. The zero-order valence-electron chi connectivity index (χ0n) is 36.0. The zero-order chi connectivity index (χ0) is 41.7. The van der Waals surface area contributed by atoms with E-state index in [2.05, 4.69) is 11.7 Å². The van der Waals surface area contributed by atoms with E-state index in [9.17, 15) is 0 Å². The van der Waals surface area contributed by atoms with Gasteiger partial charge in [0.05, 0.1) is 0 Å². The molecule has 1 aliphatic heterocycles. The van der Waals surface area contributed by atoms with E-state index in [4.69, 9.17) is 18.3 Å². The second kappa shape index (κ2) is 5.66. The van der Waals surface area contributed by atoms with Gasteiger partial charge < -0.3 is 5.32 Å². The van der Waals surface area contributed by atoms with Gasteiger partial charge in [0.1, 0.15) is 0 Å².